The topological polar surface area (TPSA) is 74.4 Å². The summed E-state index contributed by atoms with van der Waals surface area (Å²) in [7, 11) is 0. The lowest BCUT2D eigenvalue weighted by Gasteiger charge is -2.17. The normalized spacial score (nSPS) is 13.5. The molecule has 0 radical (unpaired) electrons. The largest absolute Gasteiger partial charge is 0.469 e. The molecule has 0 aliphatic heterocycles. The Kier molecular flexibility index (Phi) is 5.45. The maximum Gasteiger partial charge on any atom is 0.418 e. The highest BCUT2D eigenvalue weighted by Gasteiger charge is 2.39. The molecule has 0 spiro atoms. The van der Waals surface area contributed by atoms with E-state index >= 15 is 0 Å². The van der Waals surface area contributed by atoms with E-state index in [1.54, 1.807) is 0 Å². The van der Waals surface area contributed by atoms with Gasteiger partial charge in [-0.15, -0.1) is 10.2 Å². The lowest BCUT2D eigenvalue weighted by Crippen LogP contribution is -2.25. The minimum atomic E-state index is -3.65. The Morgan fingerprint density at radius 3 is 2.39 bits per heavy atom. The number of rotatable bonds is 7. The second kappa shape index (κ2) is 7.66. The molecule has 7 nitrogen and oxygen atoms in total. The van der Waals surface area contributed by atoms with Crippen molar-refractivity contribution in [1.29, 1.82) is 0 Å². The molecule has 0 N–H and O–H groups in total. The van der Waals surface area contributed by atoms with Crippen LogP contribution in [0.3, 0.4) is 0 Å². The molecule has 0 saturated carbocycles. The van der Waals surface area contributed by atoms with Crippen molar-refractivity contribution < 1.29 is 27.0 Å². The number of pyridine rings is 1. The monoisotopic (exact) mass is 399 g/mol. The van der Waals surface area contributed by atoms with E-state index in [9.17, 15) is 17.6 Å². The fraction of sp³-hybridized carbons (Fsp3) is 0.412. The minimum absolute atomic E-state index is 0.0134. The van der Waals surface area contributed by atoms with Gasteiger partial charge in [0.15, 0.2) is 11.8 Å². The van der Waals surface area contributed by atoms with E-state index in [2.05, 4.69) is 24.9 Å². The Hall–Kier alpha value is -2.82. The van der Waals surface area contributed by atoms with Gasteiger partial charge in [0.1, 0.15) is 0 Å². The first-order valence-corrected chi connectivity index (χ1v) is 8.35. The zero-order valence-corrected chi connectivity index (χ0v) is 15.2. The van der Waals surface area contributed by atoms with Crippen molar-refractivity contribution in [3.63, 3.8) is 0 Å². The first-order chi connectivity index (χ1) is 13.2. The van der Waals surface area contributed by atoms with Crippen LogP contribution in [0.15, 0.2) is 30.7 Å². The number of halogens is 4. The third-order valence-electron chi connectivity index (χ3n) is 3.63. The predicted octanol–water partition coefficient (Wildman–Crippen LogP) is 3.69. The molecule has 0 fully saturated rings. The first kappa shape index (κ1) is 19.9. The van der Waals surface area contributed by atoms with Crippen LogP contribution in [0.25, 0.3) is 16.9 Å². The number of hydrogen-bond donors (Lipinski definition) is 0. The standard InChI is InChI=1S/C17H17F4N5O2/c1-9(2)28-17(20,21)16-25-24-13-7-22-12(8-26(13)16)11-4-5-14(23-6-11)27-10(3)15(18)19/h4-10,15H,1-3H3/t10-/m1/s1. The van der Waals surface area contributed by atoms with E-state index in [0.29, 0.717) is 11.3 Å². The first-order valence-electron chi connectivity index (χ1n) is 8.35. The van der Waals surface area contributed by atoms with Crippen molar-refractivity contribution in [3.8, 4) is 17.1 Å². The quantitative estimate of drug-likeness (QED) is 0.564. The van der Waals surface area contributed by atoms with Gasteiger partial charge in [-0.1, -0.05) is 0 Å². The minimum Gasteiger partial charge on any atom is -0.469 e. The van der Waals surface area contributed by atoms with Crippen LogP contribution in [0.5, 0.6) is 5.88 Å². The third-order valence-corrected chi connectivity index (χ3v) is 3.63. The van der Waals surface area contributed by atoms with E-state index < -0.39 is 30.6 Å². The Balaban J connectivity index is 1.91. The van der Waals surface area contributed by atoms with Crippen molar-refractivity contribution in [3.05, 3.63) is 36.5 Å². The number of hydrogen-bond acceptors (Lipinski definition) is 6. The maximum atomic E-state index is 14.3. The number of nitrogens with zero attached hydrogens (tertiary/aromatic N) is 5. The van der Waals surface area contributed by atoms with Gasteiger partial charge in [-0.3, -0.25) is 9.38 Å². The van der Waals surface area contributed by atoms with Crippen LogP contribution in [-0.2, 0) is 10.8 Å². The summed E-state index contributed by atoms with van der Waals surface area (Å²) >= 11 is 0. The molecule has 3 aromatic rings. The van der Waals surface area contributed by atoms with Crippen molar-refractivity contribution in [1.82, 2.24) is 24.6 Å². The Morgan fingerprint density at radius 1 is 1.04 bits per heavy atom. The molecular weight excluding hydrogens is 382 g/mol. The van der Waals surface area contributed by atoms with Gasteiger partial charge in [-0.25, -0.2) is 13.8 Å². The summed E-state index contributed by atoms with van der Waals surface area (Å²) in [4.78, 5) is 8.09. The molecule has 28 heavy (non-hydrogen) atoms. The van der Waals surface area contributed by atoms with Crippen LogP contribution < -0.4 is 4.74 Å². The summed E-state index contributed by atoms with van der Waals surface area (Å²) in [6, 6.07) is 2.92. The molecule has 1 atom stereocenters. The van der Waals surface area contributed by atoms with E-state index in [-0.39, 0.29) is 11.5 Å². The van der Waals surface area contributed by atoms with Crippen molar-refractivity contribution in [2.75, 3.05) is 0 Å². The highest BCUT2D eigenvalue weighted by molar-refractivity contribution is 5.59. The molecule has 0 aromatic carbocycles. The second-order valence-corrected chi connectivity index (χ2v) is 6.25. The highest BCUT2D eigenvalue weighted by atomic mass is 19.3. The van der Waals surface area contributed by atoms with E-state index in [1.807, 2.05) is 0 Å². The SMILES string of the molecule is CC(C)OC(F)(F)c1nnc2cnc(-c3ccc(O[C@H](C)C(F)F)nc3)cn12. The van der Waals surface area contributed by atoms with Gasteiger partial charge in [0.05, 0.1) is 18.0 Å². The molecule has 0 bridgehead atoms. The van der Waals surface area contributed by atoms with Gasteiger partial charge < -0.3 is 9.47 Å². The van der Waals surface area contributed by atoms with Crippen LogP contribution in [-0.4, -0.2) is 43.2 Å². The molecule has 3 aromatic heterocycles. The average molecular weight is 399 g/mol. The van der Waals surface area contributed by atoms with Gasteiger partial charge in [-0.2, -0.15) is 8.78 Å². The number of fused-ring (bicyclic) bond motifs is 1. The van der Waals surface area contributed by atoms with Crippen LogP contribution in [0, 0.1) is 0 Å². The van der Waals surface area contributed by atoms with Crippen molar-refractivity contribution in [2.24, 2.45) is 0 Å². The Labute approximate surface area is 157 Å². The molecular formula is C17H17F4N5O2. The van der Waals surface area contributed by atoms with Crippen molar-refractivity contribution in [2.45, 2.75) is 45.5 Å². The molecule has 0 aliphatic carbocycles. The van der Waals surface area contributed by atoms with Gasteiger partial charge in [0.2, 0.25) is 11.7 Å². The zero-order chi connectivity index (χ0) is 20.5. The van der Waals surface area contributed by atoms with Crippen LogP contribution in [0.4, 0.5) is 17.6 Å². The maximum absolute atomic E-state index is 14.3. The van der Waals surface area contributed by atoms with E-state index in [4.69, 9.17) is 4.74 Å². The molecule has 150 valence electrons. The molecule has 3 rings (SSSR count). The zero-order valence-electron chi connectivity index (χ0n) is 15.2. The summed E-state index contributed by atoms with van der Waals surface area (Å²) < 4.78 is 64.4. The highest BCUT2D eigenvalue weighted by Crippen LogP contribution is 2.30. The van der Waals surface area contributed by atoms with Gasteiger partial charge in [0.25, 0.3) is 6.43 Å². The summed E-state index contributed by atoms with van der Waals surface area (Å²) in [6.07, 6.45) is -4.39. The summed E-state index contributed by atoms with van der Waals surface area (Å²) in [5, 5.41) is 7.18. The van der Waals surface area contributed by atoms with Crippen molar-refractivity contribution >= 4 is 5.65 Å². The molecule has 0 amide bonds. The second-order valence-electron chi connectivity index (χ2n) is 6.25. The number of ether oxygens (including phenoxy) is 2. The average Bonchev–Trinajstić information content (AvgIpc) is 3.05. The fourth-order valence-corrected chi connectivity index (χ4v) is 2.34. The lowest BCUT2D eigenvalue weighted by atomic mass is 10.2. The lowest BCUT2D eigenvalue weighted by molar-refractivity contribution is -0.272. The Morgan fingerprint density at radius 2 is 1.79 bits per heavy atom. The van der Waals surface area contributed by atoms with Gasteiger partial charge >= 0.3 is 6.11 Å². The van der Waals surface area contributed by atoms with E-state index in [0.717, 1.165) is 4.40 Å². The molecule has 3 heterocycles. The van der Waals surface area contributed by atoms with Crippen LogP contribution in [0.2, 0.25) is 0 Å². The number of aromatic nitrogens is 5. The predicted molar refractivity (Wildman–Crippen MR) is 90.2 cm³/mol. The smallest absolute Gasteiger partial charge is 0.418 e. The van der Waals surface area contributed by atoms with E-state index in [1.165, 1.54) is 51.5 Å². The van der Waals surface area contributed by atoms with Gasteiger partial charge in [0, 0.05) is 24.0 Å². The number of alkyl halides is 4. The van der Waals surface area contributed by atoms with Crippen LogP contribution >= 0.6 is 0 Å². The Bertz CT molecular complexity index is 946. The molecule has 0 unspecified atom stereocenters. The van der Waals surface area contributed by atoms with Crippen LogP contribution in [0.1, 0.15) is 26.6 Å². The summed E-state index contributed by atoms with van der Waals surface area (Å²) in [5.41, 5.74) is 0.881. The van der Waals surface area contributed by atoms with Gasteiger partial charge in [-0.05, 0) is 26.8 Å². The summed E-state index contributed by atoms with van der Waals surface area (Å²) in [5.74, 6) is -0.669. The third kappa shape index (κ3) is 4.19. The molecule has 0 saturated heterocycles. The molecule has 11 heteroatoms. The summed E-state index contributed by atoms with van der Waals surface area (Å²) in [6.45, 7) is 4.19. The fourth-order valence-electron chi connectivity index (χ4n) is 2.34. The molecule has 0 aliphatic rings.